The fraction of sp³-hybridized carbons (Fsp3) is 0.0526. The first-order chi connectivity index (χ1) is 11.8. The maximum absolute atomic E-state index is 12.7. The number of hydrogen-bond acceptors (Lipinski definition) is 3. The second-order valence-electron chi connectivity index (χ2n) is 5.46. The van der Waals surface area contributed by atoms with E-state index in [9.17, 15) is 4.79 Å². The summed E-state index contributed by atoms with van der Waals surface area (Å²) in [6, 6.07) is 19.0. The lowest BCUT2D eigenvalue weighted by molar-refractivity contribution is 0.102. The normalized spacial score (nSPS) is 10.9. The number of methoxy groups -OCH3 is 1. The molecule has 5 nitrogen and oxygen atoms in total. The number of amides is 1. The minimum Gasteiger partial charge on any atom is -0.497 e. The maximum atomic E-state index is 12.7. The number of fused-ring (bicyclic) bond motifs is 2. The van der Waals surface area contributed by atoms with Gasteiger partial charge in [-0.3, -0.25) is 9.89 Å². The van der Waals surface area contributed by atoms with Crippen molar-refractivity contribution >= 4 is 33.4 Å². The molecule has 0 saturated carbocycles. The van der Waals surface area contributed by atoms with E-state index >= 15 is 0 Å². The summed E-state index contributed by atoms with van der Waals surface area (Å²) in [4.78, 5) is 12.7. The van der Waals surface area contributed by atoms with Crippen LogP contribution in [-0.4, -0.2) is 23.2 Å². The third kappa shape index (κ3) is 2.36. The highest BCUT2D eigenvalue weighted by Gasteiger charge is 2.14. The van der Waals surface area contributed by atoms with Gasteiger partial charge in [-0.1, -0.05) is 36.4 Å². The number of H-pyrrole nitrogens is 1. The Morgan fingerprint density at radius 2 is 1.88 bits per heavy atom. The molecule has 1 amide bonds. The standard InChI is InChI=1S/C19H15N3O2/c1-24-13-9-10-17-16(11-13)18(22-21-17)20-19(23)15-8-4-6-12-5-2-3-7-14(12)15/h2-11H,1H3,(H2,20,21,22,23). The number of carbonyl (C=O) groups excluding carboxylic acids is 1. The van der Waals surface area contributed by atoms with Gasteiger partial charge in [-0.05, 0) is 35.0 Å². The summed E-state index contributed by atoms with van der Waals surface area (Å²) in [5, 5.41) is 12.8. The van der Waals surface area contributed by atoms with Crippen molar-refractivity contribution < 1.29 is 9.53 Å². The number of hydrogen-bond donors (Lipinski definition) is 2. The Morgan fingerprint density at radius 1 is 1.04 bits per heavy atom. The molecule has 0 atom stereocenters. The van der Waals surface area contributed by atoms with E-state index in [0.29, 0.717) is 17.1 Å². The van der Waals surface area contributed by atoms with Gasteiger partial charge < -0.3 is 10.1 Å². The van der Waals surface area contributed by atoms with Crippen molar-refractivity contribution in [3.8, 4) is 5.75 Å². The molecule has 0 radical (unpaired) electrons. The molecular weight excluding hydrogens is 302 g/mol. The van der Waals surface area contributed by atoms with Gasteiger partial charge in [0.05, 0.1) is 12.6 Å². The highest BCUT2D eigenvalue weighted by molar-refractivity contribution is 6.14. The minimum atomic E-state index is -0.192. The number of carbonyl (C=O) groups is 1. The Kier molecular flexibility index (Phi) is 3.39. The van der Waals surface area contributed by atoms with Gasteiger partial charge in [-0.2, -0.15) is 5.10 Å². The van der Waals surface area contributed by atoms with Crippen molar-refractivity contribution in [2.45, 2.75) is 0 Å². The largest absolute Gasteiger partial charge is 0.497 e. The molecule has 5 heteroatoms. The lowest BCUT2D eigenvalue weighted by atomic mass is 10.0. The molecule has 0 aliphatic heterocycles. The molecule has 0 aliphatic carbocycles. The van der Waals surface area contributed by atoms with Crippen LogP contribution >= 0.6 is 0 Å². The van der Waals surface area contributed by atoms with Crippen LogP contribution in [0.2, 0.25) is 0 Å². The van der Waals surface area contributed by atoms with Gasteiger partial charge in [0.15, 0.2) is 5.82 Å². The number of aromatic amines is 1. The fourth-order valence-corrected chi connectivity index (χ4v) is 2.81. The summed E-state index contributed by atoms with van der Waals surface area (Å²) >= 11 is 0. The minimum absolute atomic E-state index is 0.192. The number of aromatic nitrogens is 2. The predicted molar refractivity (Wildman–Crippen MR) is 94.5 cm³/mol. The number of nitrogens with zero attached hydrogens (tertiary/aromatic N) is 1. The summed E-state index contributed by atoms with van der Waals surface area (Å²) in [5.74, 6) is 1.01. The van der Waals surface area contributed by atoms with Crippen molar-refractivity contribution in [3.63, 3.8) is 0 Å². The molecule has 1 heterocycles. The van der Waals surface area contributed by atoms with E-state index in [0.717, 1.165) is 21.7 Å². The number of anilines is 1. The summed E-state index contributed by atoms with van der Waals surface area (Å²) < 4.78 is 5.24. The van der Waals surface area contributed by atoms with Gasteiger partial charge in [0.1, 0.15) is 5.75 Å². The highest BCUT2D eigenvalue weighted by atomic mass is 16.5. The van der Waals surface area contributed by atoms with Crippen LogP contribution in [0.15, 0.2) is 60.7 Å². The van der Waals surface area contributed by atoms with E-state index in [1.165, 1.54) is 0 Å². The maximum Gasteiger partial charge on any atom is 0.257 e. The van der Waals surface area contributed by atoms with Crippen LogP contribution in [0.5, 0.6) is 5.75 Å². The zero-order valence-corrected chi connectivity index (χ0v) is 13.0. The summed E-state index contributed by atoms with van der Waals surface area (Å²) in [7, 11) is 1.61. The van der Waals surface area contributed by atoms with Crippen molar-refractivity contribution in [1.82, 2.24) is 10.2 Å². The predicted octanol–water partition coefficient (Wildman–Crippen LogP) is 3.98. The molecule has 0 saturated heterocycles. The van der Waals surface area contributed by atoms with E-state index in [2.05, 4.69) is 15.5 Å². The molecule has 1 aromatic heterocycles. The first kappa shape index (κ1) is 14.3. The lowest BCUT2D eigenvalue weighted by Gasteiger charge is -2.07. The van der Waals surface area contributed by atoms with Crippen LogP contribution < -0.4 is 10.1 Å². The van der Waals surface area contributed by atoms with E-state index in [4.69, 9.17) is 4.74 Å². The first-order valence-electron chi connectivity index (χ1n) is 7.57. The second kappa shape index (κ2) is 5.70. The Balaban J connectivity index is 1.73. The number of ether oxygens (including phenoxy) is 1. The smallest absolute Gasteiger partial charge is 0.257 e. The van der Waals surface area contributed by atoms with Crippen LogP contribution in [0, 0.1) is 0 Å². The number of nitrogens with one attached hydrogen (secondary N) is 2. The topological polar surface area (TPSA) is 67.0 Å². The average molecular weight is 317 g/mol. The molecule has 2 N–H and O–H groups in total. The monoisotopic (exact) mass is 317 g/mol. The van der Waals surface area contributed by atoms with Gasteiger partial charge in [0.2, 0.25) is 0 Å². The van der Waals surface area contributed by atoms with E-state index < -0.39 is 0 Å². The van der Waals surface area contributed by atoms with Gasteiger partial charge in [0.25, 0.3) is 5.91 Å². The summed E-state index contributed by atoms with van der Waals surface area (Å²) in [6.07, 6.45) is 0. The van der Waals surface area contributed by atoms with Crippen LogP contribution in [0.1, 0.15) is 10.4 Å². The highest BCUT2D eigenvalue weighted by Crippen LogP contribution is 2.26. The average Bonchev–Trinajstić information content (AvgIpc) is 3.03. The van der Waals surface area contributed by atoms with Gasteiger partial charge in [-0.25, -0.2) is 0 Å². The molecule has 0 aliphatic rings. The molecule has 4 aromatic rings. The Morgan fingerprint density at radius 3 is 2.75 bits per heavy atom. The SMILES string of the molecule is COc1ccc2[nH]nc(NC(=O)c3cccc4ccccc34)c2c1. The first-order valence-corrected chi connectivity index (χ1v) is 7.57. The molecule has 118 valence electrons. The van der Waals surface area contributed by atoms with Crippen LogP contribution in [-0.2, 0) is 0 Å². The van der Waals surface area contributed by atoms with Crippen LogP contribution in [0.4, 0.5) is 5.82 Å². The molecule has 0 fully saturated rings. The number of benzene rings is 3. The third-order valence-corrected chi connectivity index (χ3v) is 4.04. The van der Waals surface area contributed by atoms with Gasteiger partial charge in [0, 0.05) is 10.9 Å². The Hall–Kier alpha value is -3.34. The van der Waals surface area contributed by atoms with E-state index in [-0.39, 0.29) is 5.91 Å². The van der Waals surface area contributed by atoms with Gasteiger partial charge >= 0.3 is 0 Å². The molecule has 24 heavy (non-hydrogen) atoms. The molecule has 0 spiro atoms. The molecule has 3 aromatic carbocycles. The Labute approximate surface area is 138 Å². The van der Waals surface area contributed by atoms with E-state index in [1.54, 1.807) is 7.11 Å². The van der Waals surface area contributed by atoms with Crippen LogP contribution in [0.25, 0.3) is 21.7 Å². The summed E-state index contributed by atoms with van der Waals surface area (Å²) in [6.45, 7) is 0. The molecule has 0 unspecified atom stereocenters. The van der Waals surface area contributed by atoms with Crippen molar-refractivity contribution in [2.75, 3.05) is 12.4 Å². The number of rotatable bonds is 3. The van der Waals surface area contributed by atoms with Crippen molar-refractivity contribution in [2.24, 2.45) is 0 Å². The Bertz CT molecular complexity index is 1050. The molecular formula is C19H15N3O2. The third-order valence-electron chi connectivity index (χ3n) is 4.04. The second-order valence-corrected chi connectivity index (χ2v) is 5.46. The lowest BCUT2D eigenvalue weighted by Crippen LogP contribution is -2.12. The molecule has 0 bridgehead atoms. The quantitative estimate of drug-likeness (QED) is 0.600. The zero-order valence-electron chi connectivity index (χ0n) is 13.0. The zero-order chi connectivity index (χ0) is 16.5. The molecule has 4 rings (SSSR count). The van der Waals surface area contributed by atoms with Gasteiger partial charge in [-0.15, -0.1) is 0 Å². The fourth-order valence-electron chi connectivity index (χ4n) is 2.81. The summed E-state index contributed by atoms with van der Waals surface area (Å²) in [5.41, 5.74) is 1.45. The van der Waals surface area contributed by atoms with E-state index in [1.807, 2.05) is 60.7 Å². The van der Waals surface area contributed by atoms with Crippen LogP contribution in [0.3, 0.4) is 0 Å². The van der Waals surface area contributed by atoms with Crippen molar-refractivity contribution in [1.29, 1.82) is 0 Å². The van der Waals surface area contributed by atoms with Crippen molar-refractivity contribution in [3.05, 3.63) is 66.2 Å².